The van der Waals surface area contributed by atoms with Gasteiger partial charge in [0, 0.05) is 22.6 Å². The van der Waals surface area contributed by atoms with Gasteiger partial charge in [0.25, 0.3) is 11.8 Å². The SMILES string of the molecule is Cc1ccc(CCNC(=O)c2ccc3c(c2)NC(=O)/C(=C\c2ccccc2F)S3)cc1. The van der Waals surface area contributed by atoms with Crippen molar-refractivity contribution in [3.05, 3.63) is 99.7 Å². The van der Waals surface area contributed by atoms with Gasteiger partial charge in [-0.1, -0.05) is 59.8 Å². The summed E-state index contributed by atoms with van der Waals surface area (Å²) in [5, 5.41) is 5.72. The van der Waals surface area contributed by atoms with Gasteiger partial charge in [-0.3, -0.25) is 9.59 Å². The minimum atomic E-state index is -0.383. The molecule has 1 aliphatic heterocycles. The molecule has 0 saturated heterocycles. The van der Waals surface area contributed by atoms with Crippen LogP contribution < -0.4 is 10.6 Å². The molecule has 1 heterocycles. The van der Waals surface area contributed by atoms with E-state index in [1.807, 2.05) is 6.92 Å². The molecule has 0 spiro atoms. The number of carbonyl (C=O) groups is 2. The third-order valence-electron chi connectivity index (χ3n) is 4.95. The van der Waals surface area contributed by atoms with Crippen LogP contribution in [0.15, 0.2) is 76.5 Å². The van der Waals surface area contributed by atoms with E-state index in [0.717, 1.165) is 16.9 Å². The molecule has 2 N–H and O–H groups in total. The molecule has 156 valence electrons. The molecule has 4 nitrogen and oxygen atoms in total. The van der Waals surface area contributed by atoms with Gasteiger partial charge in [-0.25, -0.2) is 4.39 Å². The van der Waals surface area contributed by atoms with Crippen molar-refractivity contribution < 1.29 is 14.0 Å². The summed E-state index contributed by atoms with van der Waals surface area (Å²) in [6.07, 6.45) is 2.28. The Bertz CT molecular complexity index is 1170. The molecule has 6 heteroatoms. The van der Waals surface area contributed by atoms with Crippen molar-refractivity contribution in [1.29, 1.82) is 0 Å². The average Bonchev–Trinajstić information content (AvgIpc) is 2.76. The number of amides is 2. The summed E-state index contributed by atoms with van der Waals surface area (Å²) in [5.74, 6) is -0.897. The van der Waals surface area contributed by atoms with E-state index in [4.69, 9.17) is 0 Å². The number of nitrogens with one attached hydrogen (secondary N) is 2. The smallest absolute Gasteiger partial charge is 0.262 e. The van der Waals surface area contributed by atoms with E-state index in [1.165, 1.54) is 29.5 Å². The molecule has 0 atom stereocenters. The van der Waals surface area contributed by atoms with Gasteiger partial charge in [-0.05, 0) is 49.2 Å². The third kappa shape index (κ3) is 5.03. The second-order valence-electron chi connectivity index (χ2n) is 7.29. The fraction of sp³-hybridized carbons (Fsp3) is 0.120. The normalized spacial score (nSPS) is 14.1. The van der Waals surface area contributed by atoms with Gasteiger partial charge < -0.3 is 10.6 Å². The van der Waals surface area contributed by atoms with E-state index in [9.17, 15) is 14.0 Å². The van der Waals surface area contributed by atoms with Gasteiger partial charge in [0.2, 0.25) is 0 Å². The van der Waals surface area contributed by atoms with Crippen LogP contribution in [0.25, 0.3) is 6.08 Å². The summed E-state index contributed by atoms with van der Waals surface area (Å²) in [7, 11) is 0. The van der Waals surface area contributed by atoms with Crippen LogP contribution in [0.5, 0.6) is 0 Å². The number of halogens is 1. The predicted molar refractivity (Wildman–Crippen MR) is 123 cm³/mol. The first-order valence-electron chi connectivity index (χ1n) is 9.93. The van der Waals surface area contributed by atoms with Crippen molar-refractivity contribution in [2.45, 2.75) is 18.2 Å². The fourth-order valence-electron chi connectivity index (χ4n) is 3.21. The molecule has 2 amide bonds. The number of hydrogen-bond acceptors (Lipinski definition) is 3. The molecule has 0 saturated carbocycles. The average molecular weight is 433 g/mol. The van der Waals surface area contributed by atoms with E-state index in [2.05, 4.69) is 34.9 Å². The highest BCUT2D eigenvalue weighted by molar-refractivity contribution is 8.04. The molecule has 4 rings (SSSR count). The van der Waals surface area contributed by atoms with E-state index >= 15 is 0 Å². The predicted octanol–water partition coefficient (Wildman–Crippen LogP) is 5.19. The Morgan fingerprint density at radius 3 is 2.65 bits per heavy atom. The Balaban J connectivity index is 1.42. The Morgan fingerprint density at radius 2 is 1.87 bits per heavy atom. The molecule has 0 bridgehead atoms. The van der Waals surface area contributed by atoms with Crippen molar-refractivity contribution >= 4 is 35.3 Å². The largest absolute Gasteiger partial charge is 0.352 e. The van der Waals surface area contributed by atoms with Crippen LogP contribution in [0.3, 0.4) is 0 Å². The second-order valence-corrected chi connectivity index (χ2v) is 8.37. The summed E-state index contributed by atoms with van der Waals surface area (Å²) in [4.78, 5) is 26.2. The summed E-state index contributed by atoms with van der Waals surface area (Å²) in [5.41, 5.74) is 3.77. The molecule has 3 aromatic rings. The van der Waals surface area contributed by atoms with Crippen molar-refractivity contribution in [3.8, 4) is 0 Å². The number of fused-ring (bicyclic) bond motifs is 1. The van der Waals surface area contributed by atoms with Gasteiger partial charge in [-0.15, -0.1) is 0 Å². The summed E-state index contributed by atoms with van der Waals surface area (Å²) < 4.78 is 13.9. The zero-order chi connectivity index (χ0) is 21.8. The molecule has 0 radical (unpaired) electrons. The number of carbonyl (C=O) groups excluding carboxylic acids is 2. The summed E-state index contributed by atoms with van der Waals surface area (Å²) in [6.45, 7) is 2.56. The highest BCUT2D eigenvalue weighted by atomic mass is 32.2. The highest BCUT2D eigenvalue weighted by Gasteiger charge is 2.22. The van der Waals surface area contributed by atoms with Crippen LogP contribution in [-0.4, -0.2) is 18.4 Å². The van der Waals surface area contributed by atoms with E-state index in [-0.39, 0.29) is 17.6 Å². The lowest BCUT2D eigenvalue weighted by Gasteiger charge is -2.19. The summed E-state index contributed by atoms with van der Waals surface area (Å²) in [6, 6.07) is 19.7. The van der Waals surface area contributed by atoms with Crippen molar-refractivity contribution in [2.75, 3.05) is 11.9 Å². The van der Waals surface area contributed by atoms with Crippen LogP contribution in [-0.2, 0) is 11.2 Å². The lowest BCUT2D eigenvalue weighted by atomic mass is 10.1. The minimum Gasteiger partial charge on any atom is -0.352 e. The molecule has 3 aromatic carbocycles. The summed E-state index contributed by atoms with van der Waals surface area (Å²) >= 11 is 1.26. The Morgan fingerprint density at radius 1 is 1.10 bits per heavy atom. The van der Waals surface area contributed by atoms with Crippen molar-refractivity contribution in [3.63, 3.8) is 0 Å². The molecule has 0 aliphatic carbocycles. The Hall–Kier alpha value is -3.38. The number of thioether (sulfide) groups is 1. The number of hydrogen-bond donors (Lipinski definition) is 2. The van der Waals surface area contributed by atoms with Crippen LogP contribution in [0.1, 0.15) is 27.0 Å². The molecule has 1 aliphatic rings. The van der Waals surface area contributed by atoms with Crippen LogP contribution in [0, 0.1) is 12.7 Å². The Kier molecular flexibility index (Phi) is 6.18. The van der Waals surface area contributed by atoms with Crippen LogP contribution >= 0.6 is 11.8 Å². The lowest BCUT2D eigenvalue weighted by Crippen LogP contribution is -2.26. The van der Waals surface area contributed by atoms with E-state index in [1.54, 1.807) is 36.4 Å². The van der Waals surface area contributed by atoms with Gasteiger partial charge >= 0.3 is 0 Å². The van der Waals surface area contributed by atoms with Gasteiger partial charge in [0.1, 0.15) is 5.82 Å². The zero-order valence-electron chi connectivity index (χ0n) is 16.9. The van der Waals surface area contributed by atoms with Crippen LogP contribution in [0.2, 0.25) is 0 Å². The van der Waals surface area contributed by atoms with E-state index < -0.39 is 0 Å². The maximum absolute atomic E-state index is 13.9. The number of rotatable bonds is 5. The first-order chi connectivity index (χ1) is 15.0. The Labute approximate surface area is 184 Å². The topological polar surface area (TPSA) is 58.2 Å². The molecule has 0 aromatic heterocycles. The highest BCUT2D eigenvalue weighted by Crippen LogP contribution is 2.39. The van der Waals surface area contributed by atoms with Gasteiger partial charge in [0.05, 0.1) is 10.6 Å². The standard InChI is InChI=1S/C25H21FN2O2S/c1-16-6-8-17(9-7-16)12-13-27-24(29)19-10-11-22-21(14-19)28-25(30)23(31-22)15-18-4-2-3-5-20(18)26/h2-11,14-15H,12-13H2,1H3,(H,27,29)(H,28,30)/b23-15+. The molecule has 0 unspecified atom stereocenters. The van der Waals surface area contributed by atoms with Crippen molar-refractivity contribution in [1.82, 2.24) is 5.32 Å². The minimum absolute atomic E-state index is 0.193. The number of benzene rings is 3. The fourth-order valence-corrected chi connectivity index (χ4v) is 4.13. The first-order valence-corrected chi connectivity index (χ1v) is 10.7. The maximum atomic E-state index is 13.9. The quantitative estimate of drug-likeness (QED) is 0.546. The van der Waals surface area contributed by atoms with Crippen LogP contribution in [0.4, 0.5) is 10.1 Å². The number of anilines is 1. The van der Waals surface area contributed by atoms with Gasteiger partial charge in [-0.2, -0.15) is 0 Å². The lowest BCUT2D eigenvalue weighted by molar-refractivity contribution is -0.112. The third-order valence-corrected chi connectivity index (χ3v) is 6.04. The monoisotopic (exact) mass is 432 g/mol. The number of aryl methyl sites for hydroxylation is 1. The molecule has 31 heavy (non-hydrogen) atoms. The van der Waals surface area contributed by atoms with Gasteiger partial charge in [0.15, 0.2) is 0 Å². The first kappa shape index (κ1) is 20.9. The maximum Gasteiger partial charge on any atom is 0.262 e. The molecule has 0 fully saturated rings. The second kappa shape index (κ2) is 9.18. The zero-order valence-corrected chi connectivity index (χ0v) is 17.8. The molecular weight excluding hydrogens is 411 g/mol. The van der Waals surface area contributed by atoms with Crippen molar-refractivity contribution in [2.24, 2.45) is 0 Å². The molecular formula is C25H21FN2O2S. The van der Waals surface area contributed by atoms with E-state index in [0.29, 0.717) is 28.3 Å².